The molecule has 0 atom stereocenters. The van der Waals surface area contributed by atoms with Gasteiger partial charge in [0.05, 0.1) is 18.4 Å². The summed E-state index contributed by atoms with van der Waals surface area (Å²) in [6.07, 6.45) is 4.81. The first-order chi connectivity index (χ1) is 10.1. The Morgan fingerprint density at radius 3 is 2.67 bits per heavy atom. The van der Waals surface area contributed by atoms with Crippen molar-refractivity contribution in [3.8, 4) is 5.69 Å². The molecule has 3 rings (SSSR count). The molecule has 0 spiro atoms. The van der Waals surface area contributed by atoms with Crippen LogP contribution in [0.15, 0.2) is 58.5 Å². The maximum Gasteiger partial charge on any atom is 0.328 e. The third kappa shape index (κ3) is 2.80. The SMILES string of the molecule is O=c1[nH]c(=O)n(Cc2cnn(-c3ccccc3)c2)cc1Cl. The van der Waals surface area contributed by atoms with Crippen LogP contribution in [0.2, 0.25) is 5.02 Å². The van der Waals surface area contributed by atoms with Crippen molar-refractivity contribution < 1.29 is 0 Å². The number of H-pyrrole nitrogens is 1. The summed E-state index contributed by atoms with van der Waals surface area (Å²) in [6, 6.07) is 9.63. The van der Waals surface area contributed by atoms with E-state index in [0.717, 1.165) is 11.3 Å². The minimum atomic E-state index is -0.585. The average Bonchev–Trinajstić information content (AvgIpc) is 2.94. The number of nitrogens with zero attached hydrogens (tertiary/aromatic N) is 3. The van der Waals surface area contributed by atoms with Gasteiger partial charge in [0.1, 0.15) is 5.02 Å². The maximum absolute atomic E-state index is 11.7. The molecular formula is C14H11ClN4O2. The lowest BCUT2D eigenvalue weighted by Crippen LogP contribution is -2.29. The molecule has 7 heteroatoms. The topological polar surface area (TPSA) is 72.7 Å². The third-order valence-electron chi connectivity index (χ3n) is 2.98. The molecule has 0 saturated carbocycles. The highest BCUT2D eigenvalue weighted by molar-refractivity contribution is 6.30. The van der Waals surface area contributed by atoms with E-state index < -0.39 is 11.2 Å². The van der Waals surface area contributed by atoms with Crippen LogP contribution >= 0.6 is 11.6 Å². The van der Waals surface area contributed by atoms with Crippen LogP contribution in [0.25, 0.3) is 5.69 Å². The quantitative estimate of drug-likeness (QED) is 0.795. The van der Waals surface area contributed by atoms with Crippen molar-refractivity contribution in [1.82, 2.24) is 19.3 Å². The summed E-state index contributed by atoms with van der Waals surface area (Å²) in [6.45, 7) is 0.280. The summed E-state index contributed by atoms with van der Waals surface area (Å²) in [5.74, 6) is 0. The molecule has 0 unspecified atom stereocenters. The number of hydrogen-bond acceptors (Lipinski definition) is 3. The number of para-hydroxylation sites is 1. The first kappa shape index (κ1) is 13.4. The molecule has 0 saturated heterocycles. The summed E-state index contributed by atoms with van der Waals surface area (Å²) >= 11 is 5.73. The van der Waals surface area contributed by atoms with Gasteiger partial charge in [0.2, 0.25) is 0 Å². The van der Waals surface area contributed by atoms with Crippen molar-refractivity contribution in [2.75, 3.05) is 0 Å². The number of aromatic amines is 1. The van der Waals surface area contributed by atoms with Crippen molar-refractivity contribution >= 4 is 11.6 Å². The lowest BCUT2D eigenvalue weighted by atomic mass is 10.3. The van der Waals surface area contributed by atoms with Gasteiger partial charge in [-0.15, -0.1) is 0 Å². The van der Waals surface area contributed by atoms with Gasteiger partial charge >= 0.3 is 5.69 Å². The number of nitrogens with one attached hydrogen (secondary N) is 1. The number of hydrogen-bond donors (Lipinski definition) is 1. The van der Waals surface area contributed by atoms with Crippen LogP contribution in [0.4, 0.5) is 0 Å². The lowest BCUT2D eigenvalue weighted by Gasteiger charge is -2.03. The summed E-state index contributed by atoms with van der Waals surface area (Å²) in [7, 11) is 0. The van der Waals surface area contributed by atoms with Crippen LogP contribution < -0.4 is 11.2 Å². The Morgan fingerprint density at radius 2 is 1.90 bits per heavy atom. The molecule has 0 radical (unpaired) electrons. The monoisotopic (exact) mass is 302 g/mol. The Labute approximate surface area is 124 Å². The van der Waals surface area contributed by atoms with E-state index in [4.69, 9.17) is 11.6 Å². The van der Waals surface area contributed by atoms with Crippen LogP contribution in [0, 0.1) is 0 Å². The van der Waals surface area contributed by atoms with Crippen LogP contribution in [0.3, 0.4) is 0 Å². The fraction of sp³-hybridized carbons (Fsp3) is 0.0714. The van der Waals surface area contributed by atoms with E-state index in [1.807, 2.05) is 36.5 Å². The fourth-order valence-electron chi connectivity index (χ4n) is 1.96. The van der Waals surface area contributed by atoms with Gasteiger partial charge in [0, 0.05) is 18.0 Å². The van der Waals surface area contributed by atoms with E-state index in [2.05, 4.69) is 10.1 Å². The zero-order valence-corrected chi connectivity index (χ0v) is 11.6. The number of benzene rings is 1. The molecule has 0 aliphatic carbocycles. The van der Waals surface area contributed by atoms with Gasteiger partial charge in [-0.3, -0.25) is 14.3 Å². The normalized spacial score (nSPS) is 10.7. The van der Waals surface area contributed by atoms with E-state index in [-0.39, 0.29) is 11.6 Å². The molecule has 0 aliphatic heterocycles. The number of rotatable bonds is 3. The third-order valence-corrected chi connectivity index (χ3v) is 3.25. The zero-order valence-electron chi connectivity index (χ0n) is 10.9. The first-order valence-electron chi connectivity index (χ1n) is 6.22. The predicted octanol–water partition coefficient (Wildman–Crippen LogP) is 1.42. The van der Waals surface area contributed by atoms with Gasteiger partial charge in [0.25, 0.3) is 5.56 Å². The van der Waals surface area contributed by atoms with Crippen LogP contribution in [0.1, 0.15) is 5.56 Å². The van der Waals surface area contributed by atoms with Crippen molar-refractivity contribution in [2.45, 2.75) is 6.54 Å². The Morgan fingerprint density at radius 1 is 1.14 bits per heavy atom. The molecule has 0 fully saturated rings. The average molecular weight is 303 g/mol. The Kier molecular flexibility index (Phi) is 3.45. The zero-order chi connectivity index (χ0) is 14.8. The van der Waals surface area contributed by atoms with Gasteiger partial charge in [0.15, 0.2) is 0 Å². The second-order valence-corrected chi connectivity index (χ2v) is 4.90. The summed E-state index contributed by atoms with van der Waals surface area (Å²) in [5, 5.41) is 4.23. The van der Waals surface area contributed by atoms with Gasteiger partial charge in [-0.05, 0) is 12.1 Å². The highest BCUT2D eigenvalue weighted by Gasteiger charge is 2.05. The van der Waals surface area contributed by atoms with E-state index in [1.165, 1.54) is 10.8 Å². The standard InChI is InChI=1S/C14H11ClN4O2/c15-12-9-18(14(21)17-13(12)20)7-10-6-16-19(8-10)11-4-2-1-3-5-11/h1-6,8-9H,7H2,(H,17,20,21). The van der Waals surface area contributed by atoms with Crippen molar-refractivity contribution in [1.29, 1.82) is 0 Å². The van der Waals surface area contributed by atoms with E-state index >= 15 is 0 Å². The van der Waals surface area contributed by atoms with Gasteiger partial charge in [-0.2, -0.15) is 5.10 Å². The molecule has 1 aromatic carbocycles. The summed E-state index contributed by atoms with van der Waals surface area (Å²) < 4.78 is 3.05. The Balaban J connectivity index is 1.90. The molecule has 3 aromatic rings. The smallest absolute Gasteiger partial charge is 0.295 e. The highest BCUT2D eigenvalue weighted by Crippen LogP contribution is 2.08. The van der Waals surface area contributed by atoms with Crippen molar-refractivity contribution in [3.05, 3.63) is 80.3 Å². The van der Waals surface area contributed by atoms with Crippen molar-refractivity contribution in [2.24, 2.45) is 0 Å². The molecule has 0 bridgehead atoms. The van der Waals surface area contributed by atoms with Gasteiger partial charge in [-0.25, -0.2) is 9.48 Å². The molecule has 0 amide bonds. The molecule has 106 valence electrons. The summed E-state index contributed by atoms with van der Waals surface area (Å²) in [5.41, 5.74) is 0.662. The van der Waals surface area contributed by atoms with Crippen LogP contribution in [-0.2, 0) is 6.54 Å². The van der Waals surface area contributed by atoms with E-state index in [1.54, 1.807) is 10.9 Å². The molecule has 1 N–H and O–H groups in total. The second kappa shape index (κ2) is 5.41. The second-order valence-electron chi connectivity index (χ2n) is 4.49. The largest absolute Gasteiger partial charge is 0.328 e. The number of aromatic nitrogens is 4. The first-order valence-corrected chi connectivity index (χ1v) is 6.59. The number of halogens is 1. The summed E-state index contributed by atoms with van der Waals surface area (Å²) in [4.78, 5) is 25.1. The molecular weight excluding hydrogens is 292 g/mol. The van der Waals surface area contributed by atoms with Gasteiger partial charge < -0.3 is 0 Å². The lowest BCUT2D eigenvalue weighted by molar-refractivity contribution is 0.720. The molecule has 2 heterocycles. The predicted molar refractivity (Wildman–Crippen MR) is 79.0 cm³/mol. The molecule has 0 aliphatic rings. The van der Waals surface area contributed by atoms with Gasteiger partial charge in [-0.1, -0.05) is 29.8 Å². The van der Waals surface area contributed by atoms with Crippen LogP contribution in [-0.4, -0.2) is 19.3 Å². The van der Waals surface area contributed by atoms with Crippen molar-refractivity contribution in [3.63, 3.8) is 0 Å². The molecule has 21 heavy (non-hydrogen) atoms. The maximum atomic E-state index is 11.7. The minimum absolute atomic E-state index is 0.0231. The Hall–Kier alpha value is -2.60. The van der Waals surface area contributed by atoms with Crippen LogP contribution in [0.5, 0.6) is 0 Å². The fourth-order valence-corrected chi connectivity index (χ4v) is 2.13. The highest BCUT2D eigenvalue weighted by atomic mass is 35.5. The minimum Gasteiger partial charge on any atom is -0.295 e. The van der Waals surface area contributed by atoms with E-state index in [0.29, 0.717) is 0 Å². The molecule has 2 aromatic heterocycles. The molecule has 6 nitrogen and oxygen atoms in total. The van der Waals surface area contributed by atoms with E-state index in [9.17, 15) is 9.59 Å². The Bertz CT molecular complexity index is 880.